The van der Waals surface area contributed by atoms with Crippen LogP contribution in [0, 0.1) is 0 Å². The third kappa shape index (κ3) is 4.97. The van der Waals surface area contributed by atoms with Crippen LogP contribution in [0.1, 0.15) is 16.2 Å². The summed E-state index contributed by atoms with van der Waals surface area (Å²) in [7, 11) is 3.71. The molecule has 8 nitrogen and oxygen atoms in total. The minimum Gasteiger partial charge on any atom is -0.378 e. The van der Waals surface area contributed by atoms with E-state index in [9.17, 15) is 4.79 Å². The van der Waals surface area contributed by atoms with Crippen molar-refractivity contribution in [2.75, 3.05) is 50.2 Å². The second-order valence-electron chi connectivity index (χ2n) is 6.15. The number of benzene rings is 1. The van der Waals surface area contributed by atoms with Crippen LogP contribution >= 0.6 is 23.2 Å². The molecule has 1 amide bonds. The molecular weight excluding hydrogens is 391 g/mol. The van der Waals surface area contributed by atoms with E-state index >= 15 is 0 Å². The predicted molar refractivity (Wildman–Crippen MR) is 105 cm³/mol. The maximum atomic E-state index is 12.4. The molecule has 1 aliphatic heterocycles. The first-order valence-electron chi connectivity index (χ1n) is 8.42. The number of ether oxygens (including phenoxy) is 1. The van der Waals surface area contributed by atoms with Gasteiger partial charge >= 0.3 is 0 Å². The van der Waals surface area contributed by atoms with Crippen LogP contribution in [0.2, 0.25) is 10.0 Å². The van der Waals surface area contributed by atoms with Gasteiger partial charge in [0.2, 0.25) is 11.9 Å². The summed E-state index contributed by atoms with van der Waals surface area (Å²) in [5.74, 6) is 1.25. The first-order valence-corrected chi connectivity index (χ1v) is 9.18. The van der Waals surface area contributed by atoms with Crippen molar-refractivity contribution >= 4 is 41.0 Å². The van der Waals surface area contributed by atoms with Crippen LogP contribution in [-0.4, -0.2) is 61.3 Å². The number of aromatic nitrogens is 3. The second-order valence-corrected chi connectivity index (χ2v) is 7.00. The predicted octanol–water partition coefficient (Wildman–Crippen LogP) is 2.01. The lowest BCUT2D eigenvalue weighted by Crippen LogP contribution is -2.38. The molecule has 27 heavy (non-hydrogen) atoms. The monoisotopic (exact) mass is 410 g/mol. The van der Waals surface area contributed by atoms with Crippen LogP contribution in [0.15, 0.2) is 18.2 Å². The molecule has 0 radical (unpaired) electrons. The van der Waals surface area contributed by atoms with Crippen molar-refractivity contribution in [3.8, 4) is 0 Å². The molecule has 1 fully saturated rings. The Balaban J connectivity index is 1.76. The molecule has 0 unspecified atom stereocenters. The van der Waals surface area contributed by atoms with E-state index in [0.29, 0.717) is 59.6 Å². The number of hydrogen-bond donors (Lipinski definition) is 1. The van der Waals surface area contributed by atoms with Gasteiger partial charge in [0.25, 0.3) is 5.91 Å². The zero-order valence-electron chi connectivity index (χ0n) is 15.1. The fraction of sp³-hybridized carbons (Fsp3) is 0.412. The number of nitrogens with one attached hydrogen (secondary N) is 1. The van der Waals surface area contributed by atoms with E-state index in [1.807, 2.05) is 19.0 Å². The van der Waals surface area contributed by atoms with Crippen molar-refractivity contribution in [2.24, 2.45) is 0 Å². The van der Waals surface area contributed by atoms with Crippen molar-refractivity contribution in [3.63, 3.8) is 0 Å². The smallest absolute Gasteiger partial charge is 0.253 e. The zero-order chi connectivity index (χ0) is 19.4. The van der Waals surface area contributed by atoms with Crippen LogP contribution < -0.4 is 15.1 Å². The lowest BCUT2D eigenvalue weighted by atomic mass is 10.2. The fourth-order valence-electron chi connectivity index (χ4n) is 2.51. The first-order chi connectivity index (χ1) is 12.9. The summed E-state index contributed by atoms with van der Waals surface area (Å²) >= 11 is 12.0. The number of carbonyl (C=O) groups is 1. The largest absolute Gasteiger partial charge is 0.378 e. The van der Waals surface area contributed by atoms with Crippen LogP contribution in [0.3, 0.4) is 0 Å². The molecular formula is C17H20Cl2N6O2. The first kappa shape index (κ1) is 19.6. The van der Waals surface area contributed by atoms with Crippen LogP contribution in [-0.2, 0) is 11.3 Å². The van der Waals surface area contributed by atoms with Crippen LogP contribution in [0.5, 0.6) is 0 Å². The number of amides is 1. The number of nitrogens with zero attached hydrogens (tertiary/aromatic N) is 5. The summed E-state index contributed by atoms with van der Waals surface area (Å²) < 4.78 is 5.37. The van der Waals surface area contributed by atoms with E-state index in [0.717, 1.165) is 0 Å². The molecule has 1 N–H and O–H groups in total. The highest BCUT2D eigenvalue weighted by Gasteiger charge is 2.18. The Labute approximate surface area is 167 Å². The Morgan fingerprint density at radius 1 is 1.22 bits per heavy atom. The molecule has 144 valence electrons. The minimum absolute atomic E-state index is 0.151. The van der Waals surface area contributed by atoms with Gasteiger partial charge in [0, 0.05) is 32.2 Å². The third-order valence-electron chi connectivity index (χ3n) is 3.93. The van der Waals surface area contributed by atoms with Gasteiger partial charge in [-0.1, -0.05) is 23.2 Å². The Bertz CT molecular complexity index is 827. The zero-order valence-corrected chi connectivity index (χ0v) is 16.6. The van der Waals surface area contributed by atoms with Gasteiger partial charge in [-0.3, -0.25) is 4.79 Å². The molecule has 10 heteroatoms. The summed E-state index contributed by atoms with van der Waals surface area (Å²) in [6.45, 7) is 2.83. The van der Waals surface area contributed by atoms with E-state index in [2.05, 4.69) is 20.3 Å². The average molecular weight is 411 g/mol. The molecule has 0 bridgehead atoms. The molecule has 2 heterocycles. The van der Waals surface area contributed by atoms with Crippen LogP contribution in [0.25, 0.3) is 0 Å². The lowest BCUT2D eigenvalue weighted by molar-refractivity contribution is 0.0950. The van der Waals surface area contributed by atoms with Crippen molar-refractivity contribution in [1.29, 1.82) is 0 Å². The normalized spacial score (nSPS) is 14.1. The maximum Gasteiger partial charge on any atom is 0.253 e. The summed E-state index contributed by atoms with van der Waals surface area (Å²) in [5, 5.41) is 3.55. The lowest BCUT2D eigenvalue weighted by Gasteiger charge is -2.27. The van der Waals surface area contributed by atoms with Gasteiger partial charge in [-0.15, -0.1) is 0 Å². The van der Waals surface area contributed by atoms with E-state index < -0.39 is 0 Å². The Morgan fingerprint density at radius 2 is 1.96 bits per heavy atom. The standard InChI is InChI=1S/C17H20Cl2N6O2/c1-24(2)16-21-14(22-17(23-16)25-5-7-27-8-6-25)10-20-15(26)12-4-3-11(18)9-13(12)19/h3-4,9H,5-8,10H2,1-2H3,(H,20,26). The molecule has 2 aromatic rings. The van der Waals surface area contributed by atoms with E-state index in [1.54, 1.807) is 17.0 Å². The highest BCUT2D eigenvalue weighted by Crippen LogP contribution is 2.21. The fourth-order valence-corrected chi connectivity index (χ4v) is 3.00. The number of carbonyl (C=O) groups excluding carboxylic acids is 1. The SMILES string of the molecule is CN(C)c1nc(CNC(=O)c2ccc(Cl)cc2Cl)nc(N2CCOCC2)n1. The topological polar surface area (TPSA) is 83.5 Å². The van der Waals surface area contributed by atoms with Gasteiger partial charge in [0.05, 0.1) is 30.3 Å². The van der Waals surface area contributed by atoms with E-state index in [-0.39, 0.29) is 12.5 Å². The summed E-state index contributed by atoms with van der Waals surface area (Å²) in [5.41, 5.74) is 0.344. The maximum absolute atomic E-state index is 12.4. The number of rotatable bonds is 5. The second kappa shape index (κ2) is 8.69. The Hall–Kier alpha value is -2.16. The summed E-state index contributed by atoms with van der Waals surface area (Å²) in [6.07, 6.45) is 0. The van der Waals surface area contributed by atoms with Gasteiger partial charge in [-0.25, -0.2) is 0 Å². The van der Waals surface area contributed by atoms with Gasteiger partial charge in [0.1, 0.15) is 0 Å². The molecule has 0 saturated carbocycles. The minimum atomic E-state index is -0.323. The van der Waals surface area contributed by atoms with Gasteiger partial charge < -0.3 is 19.9 Å². The highest BCUT2D eigenvalue weighted by atomic mass is 35.5. The van der Waals surface area contributed by atoms with Crippen molar-refractivity contribution < 1.29 is 9.53 Å². The molecule has 1 aliphatic rings. The Kier molecular flexibility index (Phi) is 6.30. The van der Waals surface area contributed by atoms with Crippen molar-refractivity contribution in [2.45, 2.75) is 6.54 Å². The number of anilines is 2. The van der Waals surface area contributed by atoms with E-state index in [4.69, 9.17) is 27.9 Å². The molecule has 0 atom stereocenters. The number of halogens is 2. The molecule has 0 aliphatic carbocycles. The van der Waals surface area contributed by atoms with Crippen LogP contribution in [0.4, 0.5) is 11.9 Å². The van der Waals surface area contributed by atoms with Gasteiger partial charge in [-0.2, -0.15) is 15.0 Å². The summed E-state index contributed by atoms with van der Waals surface area (Å²) in [6, 6.07) is 4.73. The third-order valence-corrected chi connectivity index (χ3v) is 4.48. The van der Waals surface area contributed by atoms with E-state index in [1.165, 1.54) is 6.07 Å². The molecule has 0 spiro atoms. The van der Waals surface area contributed by atoms with Crippen molar-refractivity contribution in [3.05, 3.63) is 39.6 Å². The molecule has 1 aromatic carbocycles. The average Bonchev–Trinajstić information content (AvgIpc) is 2.66. The molecule has 1 saturated heterocycles. The molecule has 3 rings (SSSR count). The highest BCUT2D eigenvalue weighted by molar-refractivity contribution is 6.36. The number of morpholine rings is 1. The van der Waals surface area contributed by atoms with Gasteiger partial charge in [0.15, 0.2) is 5.82 Å². The van der Waals surface area contributed by atoms with Crippen molar-refractivity contribution in [1.82, 2.24) is 20.3 Å². The number of hydrogen-bond acceptors (Lipinski definition) is 7. The quantitative estimate of drug-likeness (QED) is 0.806. The molecule has 1 aromatic heterocycles. The van der Waals surface area contributed by atoms with Gasteiger partial charge in [-0.05, 0) is 18.2 Å². The Morgan fingerprint density at radius 3 is 2.63 bits per heavy atom. The summed E-state index contributed by atoms with van der Waals surface area (Å²) in [4.78, 5) is 29.6.